The third-order valence-corrected chi connectivity index (χ3v) is 2.51. The zero-order valence-electron chi connectivity index (χ0n) is 10.6. The second-order valence-corrected chi connectivity index (χ2v) is 3.89. The maximum absolute atomic E-state index is 11.3. The number of hydrogen-bond donors (Lipinski definition) is 2. The van der Waals surface area contributed by atoms with Crippen molar-refractivity contribution in [1.29, 1.82) is 0 Å². The molecule has 0 spiro atoms. The molecule has 0 aliphatic rings. The first-order valence-corrected chi connectivity index (χ1v) is 5.73. The summed E-state index contributed by atoms with van der Waals surface area (Å²) in [7, 11) is 1.21. The SMILES string of the molecule is COC(=O)c1cc(O)c(N=Nc2ccccc2)c(O)c1. The van der Waals surface area contributed by atoms with Crippen LogP contribution in [0, 0.1) is 0 Å². The molecular weight excluding hydrogens is 260 g/mol. The first kappa shape index (κ1) is 13.5. The predicted molar refractivity (Wildman–Crippen MR) is 71.7 cm³/mol. The number of phenols is 2. The normalized spacial score (nSPS) is 10.7. The van der Waals surface area contributed by atoms with E-state index in [1.165, 1.54) is 7.11 Å². The molecule has 0 atom stereocenters. The summed E-state index contributed by atoms with van der Waals surface area (Å²) < 4.78 is 4.50. The molecule has 0 fully saturated rings. The zero-order chi connectivity index (χ0) is 14.5. The van der Waals surface area contributed by atoms with Gasteiger partial charge in [0.25, 0.3) is 0 Å². The first-order chi connectivity index (χ1) is 9.61. The van der Waals surface area contributed by atoms with Gasteiger partial charge in [0.1, 0.15) is 11.5 Å². The van der Waals surface area contributed by atoms with Crippen molar-refractivity contribution in [2.75, 3.05) is 7.11 Å². The molecule has 6 nitrogen and oxygen atoms in total. The van der Waals surface area contributed by atoms with E-state index >= 15 is 0 Å². The van der Waals surface area contributed by atoms with E-state index in [4.69, 9.17) is 0 Å². The largest absolute Gasteiger partial charge is 0.505 e. The minimum atomic E-state index is -0.665. The molecule has 102 valence electrons. The van der Waals surface area contributed by atoms with E-state index < -0.39 is 5.97 Å². The molecule has 0 heterocycles. The van der Waals surface area contributed by atoms with Crippen molar-refractivity contribution in [2.45, 2.75) is 0 Å². The maximum Gasteiger partial charge on any atom is 0.338 e. The van der Waals surface area contributed by atoms with E-state index in [2.05, 4.69) is 15.0 Å². The molecule has 0 aromatic heterocycles. The Kier molecular flexibility index (Phi) is 3.95. The molecule has 0 aliphatic heterocycles. The average molecular weight is 272 g/mol. The minimum absolute atomic E-state index is 0.0289. The molecule has 2 rings (SSSR count). The fraction of sp³-hybridized carbons (Fsp3) is 0.0714. The lowest BCUT2D eigenvalue weighted by Gasteiger charge is -2.04. The third-order valence-electron chi connectivity index (χ3n) is 2.51. The standard InChI is InChI=1S/C14H12N2O4/c1-20-14(19)9-7-11(17)13(12(18)8-9)16-15-10-5-3-2-4-6-10/h2-8,17-18H,1H3. The van der Waals surface area contributed by atoms with E-state index in [-0.39, 0.29) is 22.7 Å². The molecular formula is C14H12N2O4. The highest BCUT2D eigenvalue weighted by atomic mass is 16.5. The van der Waals surface area contributed by atoms with Crippen molar-refractivity contribution in [3.8, 4) is 11.5 Å². The molecule has 0 amide bonds. The number of carbonyl (C=O) groups excluding carboxylic acids is 1. The molecule has 6 heteroatoms. The molecule has 0 bridgehead atoms. The average Bonchev–Trinajstić information content (AvgIpc) is 2.46. The second-order valence-electron chi connectivity index (χ2n) is 3.89. The van der Waals surface area contributed by atoms with Gasteiger partial charge in [-0.25, -0.2) is 4.79 Å². The van der Waals surface area contributed by atoms with E-state index in [1.807, 2.05) is 6.07 Å². The van der Waals surface area contributed by atoms with Gasteiger partial charge in [0.05, 0.1) is 18.4 Å². The molecule has 20 heavy (non-hydrogen) atoms. The number of ether oxygens (including phenoxy) is 1. The van der Waals surface area contributed by atoms with Gasteiger partial charge in [0, 0.05) is 0 Å². The fourth-order valence-electron chi connectivity index (χ4n) is 1.54. The lowest BCUT2D eigenvalue weighted by molar-refractivity contribution is 0.0600. The number of hydrogen-bond acceptors (Lipinski definition) is 6. The van der Waals surface area contributed by atoms with Gasteiger partial charge in [0.15, 0.2) is 5.69 Å². The van der Waals surface area contributed by atoms with Gasteiger partial charge >= 0.3 is 5.97 Å². The van der Waals surface area contributed by atoms with Gasteiger partial charge in [-0.05, 0) is 24.3 Å². The van der Waals surface area contributed by atoms with Crippen LogP contribution in [-0.4, -0.2) is 23.3 Å². The van der Waals surface area contributed by atoms with Crippen LogP contribution in [0.4, 0.5) is 11.4 Å². The van der Waals surface area contributed by atoms with Gasteiger partial charge in [-0.1, -0.05) is 18.2 Å². The minimum Gasteiger partial charge on any atom is -0.505 e. The Labute approximate surface area is 115 Å². The Morgan fingerprint density at radius 1 is 1.05 bits per heavy atom. The topological polar surface area (TPSA) is 91.5 Å². The van der Waals surface area contributed by atoms with Gasteiger partial charge in [-0.2, -0.15) is 5.11 Å². The highest BCUT2D eigenvalue weighted by Gasteiger charge is 2.14. The first-order valence-electron chi connectivity index (χ1n) is 5.73. The molecule has 2 N–H and O–H groups in total. The summed E-state index contributed by atoms with van der Waals surface area (Å²) in [6.07, 6.45) is 0. The third kappa shape index (κ3) is 2.92. The van der Waals surface area contributed by atoms with Crippen LogP contribution in [0.5, 0.6) is 11.5 Å². The number of carbonyl (C=O) groups is 1. The van der Waals surface area contributed by atoms with Crippen molar-refractivity contribution >= 4 is 17.3 Å². The van der Waals surface area contributed by atoms with Crippen molar-refractivity contribution in [1.82, 2.24) is 0 Å². The maximum atomic E-state index is 11.3. The molecule has 2 aromatic carbocycles. The highest BCUT2D eigenvalue weighted by molar-refractivity contribution is 5.91. The number of azo groups is 1. The predicted octanol–water partition coefficient (Wildman–Crippen LogP) is 3.30. The van der Waals surface area contributed by atoms with E-state index in [0.717, 1.165) is 12.1 Å². The number of methoxy groups -OCH3 is 1. The number of nitrogens with zero attached hydrogens (tertiary/aromatic N) is 2. The second kappa shape index (κ2) is 5.83. The van der Waals surface area contributed by atoms with Crippen LogP contribution >= 0.6 is 0 Å². The Balaban J connectivity index is 2.34. The molecule has 0 radical (unpaired) electrons. The van der Waals surface area contributed by atoms with E-state index in [9.17, 15) is 15.0 Å². The van der Waals surface area contributed by atoms with Crippen molar-refractivity contribution in [3.63, 3.8) is 0 Å². The van der Waals surface area contributed by atoms with Crippen LogP contribution < -0.4 is 0 Å². The number of aromatic hydroxyl groups is 2. The lowest BCUT2D eigenvalue weighted by atomic mass is 10.1. The summed E-state index contributed by atoms with van der Waals surface area (Å²) in [6.45, 7) is 0. The van der Waals surface area contributed by atoms with Crippen LogP contribution in [0.2, 0.25) is 0 Å². The van der Waals surface area contributed by atoms with Gasteiger partial charge < -0.3 is 14.9 Å². The summed E-state index contributed by atoms with van der Waals surface area (Å²) in [4.78, 5) is 11.3. The van der Waals surface area contributed by atoms with Crippen molar-refractivity contribution in [3.05, 3.63) is 48.0 Å². The Morgan fingerprint density at radius 3 is 2.20 bits per heavy atom. The Hall–Kier alpha value is -2.89. The summed E-state index contributed by atoms with van der Waals surface area (Å²) in [6, 6.07) is 11.2. The number of esters is 1. The molecule has 0 aliphatic carbocycles. The molecule has 2 aromatic rings. The van der Waals surface area contributed by atoms with Crippen LogP contribution in [0.3, 0.4) is 0 Å². The fourth-order valence-corrected chi connectivity index (χ4v) is 1.54. The summed E-state index contributed by atoms with van der Waals surface area (Å²) >= 11 is 0. The summed E-state index contributed by atoms with van der Waals surface area (Å²) in [5, 5.41) is 27.2. The monoisotopic (exact) mass is 272 g/mol. The lowest BCUT2D eigenvalue weighted by Crippen LogP contribution is -2.00. The van der Waals surface area contributed by atoms with Crippen molar-refractivity contribution < 1.29 is 19.7 Å². The zero-order valence-corrected chi connectivity index (χ0v) is 10.6. The molecule has 0 saturated carbocycles. The van der Waals surface area contributed by atoms with Gasteiger partial charge in [-0.15, -0.1) is 5.11 Å². The highest BCUT2D eigenvalue weighted by Crippen LogP contribution is 2.38. The van der Waals surface area contributed by atoms with E-state index in [0.29, 0.717) is 5.69 Å². The number of phenolic OH excluding ortho intramolecular Hbond substituents is 2. The van der Waals surface area contributed by atoms with Crippen LogP contribution in [-0.2, 0) is 4.74 Å². The number of rotatable bonds is 3. The quantitative estimate of drug-likeness (QED) is 0.662. The Bertz CT molecular complexity index is 630. The van der Waals surface area contributed by atoms with Crippen LogP contribution in [0.25, 0.3) is 0 Å². The van der Waals surface area contributed by atoms with Crippen LogP contribution in [0.1, 0.15) is 10.4 Å². The smallest absolute Gasteiger partial charge is 0.338 e. The molecule has 0 saturated heterocycles. The number of benzene rings is 2. The van der Waals surface area contributed by atoms with Crippen molar-refractivity contribution in [2.24, 2.45) is 10.2 Å². The summed E-state index contributed by atoms with van der Waals surface area (Å²) in [5.74, 6) is -1.38. The van der Waals surface area contributed by atoms with Gasteiger partial charge in [-0.3, -0.25) is 0 Å². The van der Waals surface area contributed by atoms with E-state index in [1.54, 1.807) is 24.3 Å². The van der Waals surface area contributed by atoms with Gasteiger partial charge in [0.2, 0.25) is 0 Å². The van der Waals surface area contributed by atoms with Crippen LogP contribution in [0.15, 0.2) is 52.7 Å². The summed E-state index contributed by atoms with van der Waals surface area (Å²) in [5.41, 5.74) is 0.492. The Morgan fingerprint density at radius 2 is 1.65 bits per heavy atom. The molecule has 0 unspecified atom stereocenters.